The van der Waals surface area contributed by atoms with E-state index in [0.717, 1.165) is 10.0 Å². The van der Waals surface area contributed by atoms with Gasteiger partial charge in [-0.1, -0.05) is 48.5 Å². The minimum Gasteiger partial charge on any atom is -0.447 e. The maximum absolute atomic E-state index is 12.6. The van der Waals surface area contributed by atoms with E-state index in [9.17, 15) is 9.59 Å². The zero-order chi connectivity index (χ0) is 20.6. The van der Waals surface area contributed by atoms with Crippen LogP contribution in [0, 0.1) is 0 Å². The highest BCUT2D eigenvalue weighted by Crippen LogP contribution is 2.25. The highest BCUT2D eigenvalue weighted by molar-refractivity contribution is 9.13. The molecule has 146 valence electrons. The first-order chi connectivity index (χ1) is 14.0. The van der Waals surface area contributed by atoms with Gasteiger partial charge in [0.05, 0.1) is 10.7 Å². The third kappa shape index (κ3) is 6.00. The van der Waals surface area contributed by atoms with Gasteiger partial charge in [-0.25, -0.2) is 5.43 Å². The Morgan fingerprint density at radius 3 is 2.24 bits per heavy atom. The molecule has 2 N–H and O–H groups in total. The summed E-state index contributed by atoms with van der Waals surface area (Å²) in [5, 5.41) is 6.53. The molecule has 0 atom stereocenters. The summed E-state index contributed by atoms with van der Waals surface area (Å²) < 4.78 is 6.60. The molecule has 1 heterocycles. The van der Waals surface area contributed by atoms with Crippen LogP contribution in [0.15, 0.2) is 91.1 Å². The molecule has 0 unspecified atom stereocenters. The first kappa shape index (κ1) is 20.8. The van der Waals surface area contributed by atoms with E-state index in [0.29, 0.717) is 16.0 Å². The lowest BCUT2D eigenvalue weighted by molar-refractivity contribution is -0.117. The summed E-state index contributed by atoms with van der Waals surface area (Å²) in [4.78, 5) is 25.1. The summed E-state index contributed by atoms with van der Waals surface area (Å²) in [7, 11) is 0. The molecule has 0 bridgehead atoms. The first-order valence-corrected chi connectivity index (χ1v) is 10.0. The van der Waals surface area contributed by atoms with Crippen molar-refractivity contribution in [3.05, 3.63) is 98.5 Å². The van der Waals surface area contributed by atoms with Crippen LogP contribution < -0.4 is 10.7 Å². The van der Waals surface area contributed by atoms with Gasteiger partial charge in [0, 0.05) is 11.6 Å². The number of carbonyl (C=O) groups is 2. The Hall–Kier alpha value is -2.97. The minimum absolute atomic E-state index is 0.0593. The molecule has 0 saturated carbocycles. The number of amides is 2. The topological polar surface area (TPSA) is 83.7 Å². The molecule has 0 saturated heterocycles. The van der Waals surface area contributed by atoms with Crippen molar-refractivity contribution in [1.82, 2.24) is 10.7 Å². The molecule has 0 spiro atoms. The van der Waals surface area contributed by atoms with Gasteiger partial charge >= 0.3 is 0 Å². The third-order valence-corrected chi connectivity index (χ3v) is 5.37. The summed E-state index contributed by atoms with van der Waals surface area (Å²) in [6, 6.07) is 19.5. The van der Waals surface area contributed by atoms with Crippen molar-refractivity contribution >= 4 is 56.0 Å². The summed E-state index contributed by atoms with van der Waals surface area (Å²) in [6.45, 7) is 0. The number of hydrogen-bond acceptors (Lipinski definition) is 4. The average Bonchev–Trinajstić information content (AvgIpc) is 3.06. The molecule has 2 aromatic carbocycles. The molecular formula is C21H15Br2N3O3. The predicted octanol–water partition coefficient (Wildman–Crippen LogP) is 4.73. The molecule has 3 aromatic rings. The van der Waals surface area contributed by atoms with Crippen molar-refractivity contribution in [2.45, 2.75) is 0 Å². The van der Waals surface area contributed by atoms with Crippen molar-refractivity contribution in [2.75, 3.05) is 0 Å². The van der Waals surface area contributed by atoms with Gasteiger partial charge < -0.3 is 9.73 Å². The highest BCUT2D eigenvalue weighted by atomic mass is 79.9. The highest BCUT2D eigenvalue weighted by Gasteiger charge is 2.14. The Balaban J connectivity index is 1.77. The van der Waals surface area contributed by atoms with Crippen LogP contribution in [0.1, 0.15) is 21.7 Å². The Morgan fingerprint density at radius 1 is 0.966 bits per heavy atom. The average molecular weight is 517 g/mol. The van der Waals surface area contributed by atoms with Crippen molar-refractivity contribution in [2.24, 2.45) is 5.10 Å². The first-order valence-electron chi connectivity index (χ1n) is 8.44. The number of halogens is 2. The van der Waals surface area contributed by atoms with Gasteiger partial charge in [-0.15, -0.1) is 0 Å². The van der Waals surface area contributed by atoms with Crippen LogP contribution in [-0.2, 0) is 4.79 Å². The Labute approximate surface area is 183 Å². The van der Waals surface area contributed by atoms with Gasteiger partial charge in [0.25, 0.3) is 11.8 Å². The fourth-order valence-electron chi connectivity index (χ4n) is 2.30. The molecule has 2 amide bonds. The molecule has 1 aromatic heterocycles. The van der Waals surface area contributed by atoms with Crippen LogP contribution in [0.2, 0.25) is 0 Å². The lowest BCUT2D eigenvalue weighted by atomic mass is 10.1. The van der Waals surface area contributed by atoms with E-state index in [1.54, 1.807) is 36.4 Å². The summed E-state index contributed by atoms with van der Waals surface area (Å²) in [6.07, 6.45) is 2.93. The molecule has 0 aliphatic heterocycles. The van der Waals surface area contributed by atoms with E-state index in [1.165, 1.54) is 6.21 Å². The van der Waals surface area contributed by atoms with Gasteiger partial charge in [0.1, 0.15) is 11.5 Å². The zero-order valence-electron chi connectivity index (χ0n) is 14.9. The molecular weight excluding hydrogens is 502 g/mol. The monoisotopic (exact) mass is 515 g/mol. The van der Waals surface area contributed by atoms with Gasteiger partial charge in [0.15, 0.2) is 4.67 Å². The van der Waals surface area contributed by atoms with Crippen LogP contribution in [0.3, 0.4) is 0 Å². The fourth-order valence-corrected chi connectivity index (χ4v) is 2.91. The van der Waals surface area contributed by atoms with Gasteiger partial charge in [0.2, 0.25) is 0 Å². The maximum atomic E-state index is 12.6. The number of carbonyl (C=O) groups excluding carboxylic acids is 2. The molecule has 0 radical (unpaired) electrons. The molecule has 3 rings (SSSR count). The molecule has 0 aliphatic rings. The van der Waals surface area contributed by atoms with Crippen LogP contribution in [0.4, 0.5) is 0 Å². The zero-order valence-corrected chi connectivity index (χ0v) is 18.1. The van der Waals surface area contributed by atoms with E-state index >= 15 is 0 Å². The SMILES string of the molecule is O=C(NN=Cc1cc(Br)c(Br)o1)C(=Cc1ccccc1)NC(=O)c1ccccc1. The Kier molecular flexibility index (Phi) is 7.15. The van der Waals surface area contributed by atoms with Gasteiger partial charge in [-0.05, 0) is 55.6 Å². The largest absolute Gasteiger partial charge is 0.447 e. The van der Waals surface area contributed by atoms with Crippen molar-refractivity contribution < 1.29 is 14.0 Å². The van der Waals surface area contributed by atoms with E-state index in [1.807, 2.05) is 36.4 Å². The lowest BCUT2D eigenvalue weighted by Crippen LogP contribution is -2.32. The smallest absolute Gasteiger partial charge is 0.287 e. The van der Waals surface area contributed by atoms with Crippen LogP contribution >= 0.6 is 31.9 Å². The maximum Gasteiger partial charge on any atom is 0.287 e. The molecule has 8 heteroatoms. The predicted molar refractivity (Wildman–Crippen MR) is 118 cm³/mol. The number of rotatable bonds is 6. The van der Waals surface area contributed by atoms with Crippen molar-refractivity contribution in [3.63, 3.8) is 0 Å². The fraction of sp³-hybridized carbons (Fsp3) is 0. The Bertz CT molecular complexity index is 1040. The van der Waals surface area contributed by atoms with E-state index < -0.39 is 11.8 Å². The van der Waals surface area contributed by atoms with Crippen molar-refractivity contribution in [1.29, 1.82) is 0 Å². The number of hydrogen-bond donors (Lipinski definition) is 2. The second-order valence-corrected chi connectivity index (χ2v) is 7.33. The third-order valence-electron chi connectivity index (χ3n) is 3.66. The Morgan fingerprint density at radius 2 is 1.62 bits per heavy atom. The van der Waals surface area contributed by atoms with Crippen molar-refractivity contribution in [3.8, 4) is 0 Å². The van der Waals surface area contributed by atoms with Gasteiger partial charge in [-0.2, -0.15) is 5.10 Å². The van der Waals surface area contributed by atoms with E-state index in [4.69, 9.17) is 4.42 Å². The van der Waals surface area contributed by atoms with E-state index in [2.05, 4.69) is 47.7 Å². The summed E-state index contributed by atoms with van der Waals surface area (Å²) >= 11 is 6.53. The second-order valence-electron chi connectivity index (χ2n) is 5.76. The molecule has 0 fully saturated rings. The summed E-state index contributed by atoms with van der Waals surface area (Å²) in [5.41, 5.74) is 3.65. The quantitative estimate of drug-likeness (QED) is 0.282. The van der Waals surface area contributed by atoms with Crippen LogP contribution in [-0.4, -0.2) is 18.0 Å². The molecule has 29 heavy (non-hydrogen) atoms. The van der Waals surface area contributed by atoms with Crippen LogP contribution in [0.5, 0.6) is 0 Å². The van der Waals surface area contributed by atoms with E-state index in [-0.39, 0.29) is 5.70 Å². The van der Waals surface area contributed by atoms with Gasteiger partial charge in [-0.3, -0.25) is 9.59 Å². The number of hydrazone groups is 1. The molecule has 6 nitrogen and oxygen atoms in total. The molecule has 0 aliphatic carbocycles. The normalized spacial score (nSPS) is 11.4. The van der Waals surface area contributed by atoms with Crippen LogP contribution in [0.25, 0.3) is 6.08 Å². The number of nitrogens with zero attached hydrogens (tertiary/aromatic N) is 1. The number of furan rings is 1. The second kappa shape index (κ2) is 9.99. The number of benzene rings is 2. The minimum atomic E-state index is -0.570. The number of nitrogens with one attached hydrogen (secondary N) is 2. The lowest BCUT2D eigenvalue weighted by Gasteiger charge is -2.09. The summed E-state index contributed by atoms with van der Waals surface area (Å²) in [5.74, 6) is -0.532. The standard InChI is InChI=1S/C21H15Br2N3O3/c22-17-12-16(29-19(17)23)13-24-26-21(28)18(11-14-7-3-1-4-8-14)25-20(27)15-9-5-2-6-10-15/h1-13H,(H,25,27)(H,26,28).